The highest BCUT2D eigenvalue weighted by Gasteiger charge is 2.36. The second kappa shape index (κ2) is 7.78. The van der Waals surface area contributed by atoms with Crippen LogP contribution in [-0.2, 0) is 16.5 Å². The highest BCUT2D eigenvalue weighted by atomic mass is 32.3. The minimum atomic E-state index is -3.67. The van der Waals surface area contributed by atoms with E-state index in [1.807, 2.05) is 0 Å². The predicted octanol–water partition coefficient (Wildman–Crippen LogP) is 2.02. The van der Waals surface area contributed by atoms with Crippen molar-refractivity contribution in [1.82, 2.24) is 4.72 Å². The summed E-state index contributed by atoms with van der Waals surface area (Å²) in [6.45, 7) is 1.39. The molecule has 0 amide bonds. The number of aliphatic hydroxyl groups excluding tert-OH is 1. The highest BCUT2D eigenvalue weighted by Crippen LogP contribution is 2.49. The van der Waals surface area contributed by atoms with E-state index in [1.165, 1.54) is 19.1 Å². The minimum absolute atomic E-state index is 0.0964. The van der Waals surface area contributed by atoms with Crippen molar-refractivity contribution in [2.24, 2.45) is 0 Å². The largest absolute Gasteiger partial charge is 0.506 e. The summed E-state index contributed by atoms with van der Waals surface area (Å²) in [5.74, 6) is -0.138. The van der Waals surface area contributed by atoms with E-state index >= 15 is 0 Å². The molecular formula is C17H22N2O7S2. The second-order valence-corrected chi connectivity index (χ2v) is 9.82. The normalized spacial score (nSPS) is 20.1. The lowest BCUT2D eigenvalue weighted by Crippen LogP contribution is -2.25. The van der Waals surface area contributed by atoms with Gasteiger partial charge in [-0.3, -0.25) is 13.4 Å². The summed E-state index contributed by atoms with van der Waals surface area (Å²) >= 11 is 0. The summed E-state index contributed by atoms with van der Waals surface area (Å²) in [5, 5.41) is 19.9. The molecule has 0 aromatic heterocycles. The topological polar surface area (TPSA) is 140 Å². The molecule has 5 N–H and O–H groups in total. The maximum atomic E-state index is 11.8. The average Bonchev–Trinajstić information content (AvgIpc) is 2.89. The Morgan fingerprint density at radius 2 is 1.96 bits per heavy atom. The van der Waals surface area contributed by atoms with Crippen molar-refractivity contribution >= 4 is 26.8 Å². The molecule has 0 bridgehead atoms. The lowest BCUT2D eigenvalue weighted by Gasteiger charge is -2.36. The van der Waals surface area contributed by atoms with E-state index in [0.717, 1.165) is 4.31 Å². The Labute approximate surface area is 164 Å². The number of hydrogen-bond acceptors (Lipinski definition) is 9. The van der Waals surface area contributed by atoms with Crippen molar-refractivity contribution in [3.63, 3.8) is 0 Å². The van der Waals surface area contributed by atoms with Crippen LogP contribution in [0.3, 0.4) is 0 Å². The van der Waals surface area contributed by atoms with Crippen LogP contribution in [-0.4, -0.2) is 46.3 Å². The lowest BCUT2D eigenvalue weighted by atomic mass is 10.0. The number of nitrogens with zero attached hydrogens (tertiary/aromatic N) is 1. The van der Waals surface area contributed by atoms with Gasteiger partial charge < -0.3 is 14.4 Å². The molecule has 9 nitrogen and oxygen atoms in total. The van der Waals surface area contributed by atoms with Crippen molar-refractivity contribution in [3.05, 3.63) is 53.6 Å². The van der Waals surface area contributed by atoms with Crippen LogP contribution in [0.1, 0.15) is 18.1 Å². The Morgan fingerprint density at radius 1 is 1.25 bits per heavy atom. The Kier molecular flexibility index (Phi) is 5.75. The van der Waals surface area contributed by atoms with E-state index in [4.69, 9.17) is 4.18 Å². The molecule has 154 valence electrons. The summed E-state index contributed by atoms with van der Waals surface area (Å²) in [6, 6.07) is 11.3. The zero-order chi connectivity index (χ0) is 20.5. The summed E-state index contributed by atoms with van der Waals surface area (Å²) in [6.07, 6.45) is -0.839. The van der Waals surface area contributed by atoms with Gasteiger partial charge in [0.05, 0.1) is 12.3 Å². The van der Waals surface area contributed by atoms with E-state index in [2.05, 4.69) is 4.72 Å². The molecule has 1 heterocycles. The van der Waals surface area contributed by atoms with Gasteiger partial charge in [0.1, 0.15) is 23.4 Å². The van der Waals surface area contributed by atoms with Crippen LogP contribution < -0.4 is 13.2 Å². The zero-order valence-corrected chi connectivity index (χ0v) is 16.7. The fourth-order valence-electron chi connectivity index (χ4n) is 2.82. The van der Waals surface area contributed by atoms with Crippen LogP contribution in [0.2, 0.25) is 0 Å². The molecule has 11 heteroatoms. The summed E-state index contributed by atoms with van der Waals surface area (Å²) < 4.78 is 52.0. The van der Waals surface area contributed by atoms with Crippen molar-refractivity contribution in [1.29, 1.82) is 0 Å². The standard InChI is InChI=1S/C17H22N2O7S2/c1-2-27(22,23)26-16-6-4-3-5-13(16)9-12-7-8-14(15(20)10-12)19-11-17(21)18-28(19,24)25/h3-8,10,17-18,20-21,24-25H,2,9,11H2,1H3. The quantitative estimate of drug-likeness (QED) is 0.435. The maximum absolute atomic E-state index is 11.8. The number of aromatic hydroxyl groups is 1. The van der Waals surface area contributed by atoms with E-state index in [9.17, 15) is 27.7 Å². The number of phenols is 1. The summed E-state index contributed by atoms with van der Waals surface area (Å²) in [7, 11) is -7.10. The predicted molar refractivity (Wildman–Crippen MR) is 107 cm³/mol. The summed E-state index contributed by atoms with van der Waals surface area (Å²) in [4.78, 5) is 0. The van der Waals surface area contributed by atoms with Crippen LogP contribution in [0.25, 0.3) is 0 Å². The third kappa shape index (κ3) is 4.51. The Balaban J connectivity index is 1.85. The number of anilines is 1. The summed E-state index contributed by atoms with van der Waals surface area (Å²) in [5.41, 5.74) is 1.44. The van der Waals surface area contributed by atoms with Gasteiger partial charge in [-0.15, -0.1) is 0 Å². The molecule has 3 rings (SSSR count). The van der Waals surface area contributed by atoms with Gasteiger partial charge in [0.15, 0.2) is 0 Å². The van der Waals surface area contributed by atoms with Crippen LogP contribution in [0.4, 0.5) is 5.69 Å². The molecule has 1 unspecified atom stereocenters. The van der Waals surface area contributed by atoms with Gasteiger partial charge in [-0.1, -0.05) is 35.2 Å². The molecule has 0 radical (unpaired) electrons. The molecule has 0 aliphatic carbocycles. The molecule has 28 heavy (non-hydrogen) atoms. The fourth-order valence-corrected chi connectivity index (χ4v) is 4.72. The molecule has 1 aliphatic rings. The number of phenolic OH excluding ortho intramolecular Hbond substituents is 1. The number of aliphatic hydroxyl groups is 1. The SMILES string of the molecule is CCS(=O)(=O)Oc1ccccc1Cc1ccc(N2CC(O)NS2(O)O)c(O)c1. The highest BCUT2D eigenvalue weighted by molar-refractivity contribution is 8.24. The van der Waals surface area contributed by atoms with Crippen LogP contribution in [0.5, 0.6) is 11.5 Å². The average molecular weight is 431 g/mol. The van der Waals surface area contributed by atoms with Crippen molar-refractivity contribution < 1.29 is 31.9 Å². The number of benzene rings is 2. The molecular weight excluding hydrogens is 408 g/mol. The van der Waals surface area contributed by atoms with Gasteiger partial charge in [0, 0.05) is 12.0 Å². The van der Waals surface area contributed by atoms with Gasteiger partial charge in [-0.05, 0) is 30.7 Å². The van der Waals surface area contributed by atoms with E-state index < -0.39 is 27.3 Å². The molecule has 0 spiro atoms. The number of para-hydroxylation sites is 1. The van der Waals surface area contributed by atoms with Crippen LogP contribution >= 0.6 is 11.0 Å². The van der Waals surface area contributed by atoms with Gasteiger partial charge in [0.2, 0.25) is 0 Å². The van der Waals surface area contributed by atoms with E-state index in [0.29, 0.717) is 17.5 Å². The molecule has 1 aliphatic heterocycles. The minimum Gasteiger partial charge on any atom is -0.506 e. The van der Waals surface area contributed by atoms with Gasteiger partial charge >= 0.3 is 10.1 Å². The first kappa shape index (κ1) is 20.7. The van der Waals surface area contributed by atoms with E-state index in [-0.39, 0.29) is 29.5 Å². The Hall–Kier alpha value is -2.02. The third-order valence-corrected chi connectivity index (χ3v) is 6.88. The number of β-amino-alcohol motifs (C(OH)–C–C–N with tert-alkyl or cyclic N) is 1. The first-order chi connectivity index (χ1) is 13.1. The van der Waals surface area contributed by atoms with E-state index in [1.54, 1.807) is 30.3 Å². The molecule has 1 fully saturated rings. The zero-order valence-electron chi connectivity index (χ0n) is 15.0. The second-order valence-electron chi connectivity index (χ2n) is 6.25. The Morgan fingerprint density at radius 3 is 2.57 bits per heavy atom. The maximum Gasteiger partial charge on any atom is 0.308 e. The number of rotatable bonds is 6. The van der Waals surface area contributed by atoms with Crippen molar-refractivity contribution in [2.45, 2.75) is 19.6 Å². The molecule has 1 saturated heterocycles. The molecule has 1 atom stereocenters. The Bertz CT molecular complexity index is 966. The molecule has 2 aromatic rings. The number of hydrogen-bond donors (Lipinski definition) is 5. The molecule has 2 aromatic carbocycles. The third-order valence-electron chi connectivity index (χ3n) is 4.19. The van der Waals surface area contributed by atoms with Gasteiger partial charge in [-0.25, -0.2) is 0 Å². The first-order valence-corrected chi connectivity index (χ1v) is 11.5. The smallest absolute Gasteiger partial charge is 0.308 e. The monoisotopic (exact) mass is 430 g/mol. The van der Waals surface area contributed by atoms with Crippen molar-refractivity contribution in [3.8, 4) is 11.5 Å². The first-order valence-electron chi connectivity index (χ1n) is 8.44. The van der Waals surface area contributed by atoms with Crippen molar-refractivity contribution in [2.75, 3.05) is 16.6 Å². The van der Waals surface area contributed by atoms with Crippen LogP contribution in [0, 0.1) is 0 Å². The fraction of sp³-hybridized carbons (Fsp3) is 0.294. The van der Waals surface area contributed by atoms with Gasteiger partial charge in [0.25, 0.3) is 0 Å². The number of nitrogens with one attached hydrogen (secondary N) is 1. The van der Waals surface area contributed by atoms with Gasteiger partial charge in [-0.2, -0.15) is 13.1 Å². The van der Waals surface area contributed by atoms with Crippen LogP contribution in [0.15, 0.2) is 42.5 Å². The molecule has 0 saturated carbocycles. The lowest BCUT2D eigenvalue weighted by molar-refractivity contribution is 0.182.